The van der Waals surface area contributed by atoms with Crippen molar-refractivity contribution in [2.45, 2.75) is 39.2 Å². The minimum atomic E-state index is -0.871. The zero-order chi connectivity index (χ0) is 10.3. The molecule has 1 heterocycles. The van der Waals surface area contributed by atoms with Crippen LogP contribution in [0.2, 0.25) is 0 Å². The van der Waals surface area contributed by atoms with Crippen LogP contribution in [0.3, 0.4) is 0 Å². The highest BCUT2D eigenvalue weighted by atomic mass is 16.4. The normalized spacial score (nSPS) is 34.3. The average molecular weight is 196 g/mol. The zero-order valence-corrected chi connectivity index (χ0v) is 8.58. The molecule has 0 saturated heterocycles. The Kier molecular flexibility index (Phi) is 2.01. The molecule has 2 N–H and O–H groups in total. The van der Waals surface area contributed by atoms with Crippen molar-refractivity contribution >= 4 is 11.7 Å². The molecular weight excluding hydrogens is 180 g/mol. The molecule has 2 rings (SSSR count). The third-order valence-electron chi connectivity index (χ3n) is 3.31. The van der Waals surface area contributed by atoms with Crippen molar-refractivity contribution in [2.75, 3.05) is 0 Å². The Bertz CT molecular complexity index is 296. The van der Waals surface area contributed by atoms with Crippen LogP contribution in [-0.2, 0) is 4.79 Å². The van der Waals surface area contributed by atoms with E-state index in [-0.39, 0.29) is 12.0 Å². The monoisotopic (exact) mass is 196 g/mol. The molecule has 1 saturated carbocycles. The quantitative estimate of drug-likeness (QED) is 0.663. The predicted octanol–water partition coefficient (Wildman–Crippen LogP) is 1.23. The van der Waals surface area contributed by atoms with Gasteiger partial charge in [-0.25, -0.2) is 4.79 Å². The molecule has 14 heavy (non-hydrogen) atoms. The predicted molar refractivity (Wildman–Crippen MR) is 53.1 cm³/mol. The summed E-state index contributed by atoms with van der Waals surface area (Å²) >= 11 is 0. The number of carbonyl (C=O) groups is 1. The number of hydrogen-bond donors (Lipinski definition) is 2. The number of carboxylic acids is 1. The van der Waals surface area contributed by atoms with Gasteiger partial charge in [-0.2, -0.15) is 5.10 Å². The van der Waals surface area contributed by atoms with Gasteiger partial charge in [0.05, 0.1) is 6.04 Å². The Labute approximate surface area is 83.4 Å². The molecule has 2 aliphatic rings. The summed E-state index contributed by atoms with van der Waals surface area (Å²) in [6, 6.07) is 0.241. The second-order valence-electron chi connectivity index (χ2n) is 5.05. The average Bonchev–Trinajstić information content (AvgIpc) is 2.44. The smallest absolute Gasteiger partial charge is 0.352 e. The maximum Gasteiger partial charge on any atom is 0.352 e. The fraction of sp³-hybridized carbons (Fsp3) is 0.800. The highest BCUT2D eigenvalue weighted by Gasteiger charge is 2.42. The Morgan fingerprint density at radius 3 is 3.00 bits per heavy atom. The van der Waals surface area contributed by atoms with E-state index in [4.69, 9.17) is 5.11 Å². The van der Waals surface area contributed by atoms with Gasteiger partial charge in [-0.3, -0.25) is 0 Å². The second-order valence-corrected chi connectivity index (χ2v) is 5.05. The fourth-order valence-corrected chi connectivity index (χ4v) is 2.49. The summed E-state index contributed by atoms with van der Waals surface area (Å²) in [5.74, 6) is -0.745. The first-order valence-electron chi connectivity index (χ1n) is 5.06. The number of carboxylic acid groups (broad SMARTS) is 1. The van der Waals surface area contributed by atoms with Crippen LogP contribution < -0.4 is 5.43 Å². The molecule has 0 unspecified atom stereocenters. The minimum Gasteiger partial charge on any atom is -0.477 e. The molecule has 0 bridgehead atoms. The van der Waals surface area contributed by atoms with Crippen LogP contribution >= 0.6 is 0 Å². The lowest BCUT2D eigenvalue weighted by Gasteiger charge is -2.36. The topological polar surface area (TPSA) is 61.7 Å². The van der Waals surface area contributed by atoms with Gasteiger partial charge in [-0.05, 0) is 24.7 Å². The SMILES string of the molecule is CC1(C)CC[C@H]2C(C(=O)O)=NN[C@@H]2C1. The second kappa shape index (κ2) is 2.97. The van der Waals surface area contributed by atoms with E-state index in [1.54, 1.807) is 0 Å². The van der Waals surface area contributed by atoms with Crippen molar-refractivity contribution < 1.29 is 9.90 Å². The summed E-state index contributed by atoms with van der Waals surface area (Å²) < 4.78 is 0. The van der Waals surface area contributed by atoms with Crippen molar-refractivity contribution in [3.63, 3.8) is 0 Å². The van der Waals surface area contributed by atoms with Gasteiger partial charge in [0.2, 0.25) is 0 Å². The van der Waals surface area contributed by atoms with Crippen LogP contribution in [0.5, 0.6) is 0 Å². The molecule has 0 aromatic carbocycles. The standard InChI is InChI=1S/C10H16N2O2/c1-10(2)4-3-6-7(5-10)11-12-8(6)9(13)14/h6-7,11H,3-5H2,1-2H3,(H,13,14)/t6-,7-/m1/s1. The first kappa shape index (κ1) is 9.49. The molecule has 0 radical (unpaired) electrons. The molecule has 4 heteroatoms. The summed E-state index contributed by atoms with van der Waals surface area (Å²) in [4.78, 5) is 10.8. The van der Waals surface area contributed by atoms with Gasteiger partial charge in [0, 0.05) is 5.92 Å². The van der Waals surface area contributed by atoms with Crippen molar-refractivity contribution in [3.8, 4) is 0 Å². The number of hydrazone groups is 1. The van der Waals surface area contributed by atoms with Crippen LogP contribution in [0.15, 0.2) is 5.10 Å². The number of rotatable bonds is 1. The molecule has 1 fully saturated rings. The summed E-state index contributed by atoms with van der Waals surface area (Å²) in [5, 5.41) is 12.8. The van der Waals surface area contributed by atoms with E-state index in [2.05, 4.69) is 24.4 Å². The number of nitrogens with one attached hydrogen (secondary N) is 1. The Hall–Kier alpha value is -1.06. The van der Waals surface area contributed by atoms with Gasteiger partial charge in [0.25, 0.3) is 0 Å². The number of hydrogen-bond acceptors (Lipinski definition) is 3. The van der Waals surface area contributed by atoms with Crippen molar-refractivity contribution in [2.24, 2.45) is 16.4 Å². The lowest BCUT2D eigenvalue weighted by atomic mass is 9.69. The first-order valence-corrected chi connectivity index (χ1v) is 5.06. The van der Waals surface area contributed by atoms with E-state index in [1.807, 2.05) is 0 Å². The number of aliphatic carboxylic acids is 1. The molecule has 0 amide bonds. The summed E-state index contributed by atoms with van der Waals surface area (Å²) in [6.07, 6.45) is 3.04. The van der Waals surface area contributed by atoms with Gasteiger partial charge in [0.15, 0.2) is 0 Å². The Morgan fingerprint density at radius 2 is 2.36 bits per heavy atom. The van der Waals surface area contributed by atoms with E-state index in [0.29, 0.717) is 11.1 Å². The van der Waals surface area contributed by atoms with Gasteiger partial charge in [-0.1, -0.05) is 13.8 Å². The summed E-state index contributed by atoms with van der Waals surface area (Å²) in [6.45, 7) is 4.45. The molecule has 4 nitrogen and oxygen atoms in total. The van der Waals surface area contributed by atoms with Crippen LogP contribution in [0, 0.1) is 11.3 Å². The van der Waals surface area contributed by atoms with Crippen LogP contribution in [-0.4, -0.2) is 22.8 Å². The van der Waals surface area contributed by atoms with E-state index in [9.17, 15) is 4.79 Å². The van der Waals surface area contributed by atoms with E-state index in [0.717, 1.165) is 19.3 Å². The lowest BCUT2D eigenvalue weighted by molar-refractivity contribution is -0.129. The lowest BCUT2D eigenvalue weighted by Crippen LogP contribution is -2.40. The molecule has 2 atom stereocenters. The molecule has 78 valence electrons. The number of nitrogens with zero attached hydrogens (tertiary/aromatic N) is 1. The Morgan fingerprint density at radius 1 is 1.64 bits per heavy atom. The van der Waals surface area contributed by atoms with Crippen molar-refractivity contribution in [3.05, 3.63) is 0 Å². The highest BCUT2D eigenvalue weighted by Crippen LogP contribution is 2.40. The molecule has 1 aliphatic heterocycles. The third-order valence-corrected chi connectivity index (χ3v) is 3.31. The summed E-state index contributed by atoms with van der Waals surface area (Å²) in [7, 11) is 0. The van der Waals surface area contributed by atoms with Crippen molar-refractivity contribution in [1.29, 1.82) is 0 Å². The maximum atomic E-state index is 10.8. The van der Waals surface area contributed by atoms with Crippen LogP contribution in [0.1, 0.15) is 33.1 Å². The number of fused-ring (bicyclic) bond motifs is 1. The van der Waals surface area contributed by atoms with Gasteiger partial charge in [-0.15, -0.1) is 0 Å². The molecule has 0 spiro atoms. The van der Waals surface area contributed by atoms with E-state index < -0.39 is 5.97 Å². The van der Waals surface area contributed by atoms with Gasteiger partial charge >= 0.3 is 5.97 Å². The van der Waals surface area contributed by atoms with E-state index in [1.165, 1.54) is 0 Å². The van der Waals surface area contributed by atoms with Crippen molar-refractivity contribution in [1.82, 2.24) is 5.43 Å². The Balaban J connectivity index is 2.11. The van der Waals surface area contributed by atoms with Gasteiger partial charge in [0.1, 0.15) is 5.71 Å². The third kappa shape index (κ3) is 1.49. The van der Waals surface area contributed by atoms with Gasteiger partial charge < -0.3 is 10.5 Å². The maximum absolute atomic E-state index is 10.8. The van der Waals surface area contributed by atoms with Crippen LogP contribution in [0.4, 0.5) is 0 Å². The van der Waals surface area contributed by atoms with Crippen LogP contribution in [0.25, 0.3) is 0 Å². The first-order chi connectivity index (χ1) is 6.49. The molecule has 0 aromatic rings. The minimum absolute atomic E-state index is 0.125. The zero-order valence-electron chi connectivity index (χ0n) is 8.58. The largest absolute Gasteiger partial charge is 0.477 e. The van der Waals surface area contributed by atoms with E-state index >= 15 is 0 Å². The molecular formula is C10H16N2O2. The fourth-order valence-electron chi connectivity index (χ4n) is 2.49. The molecule has 0 aromatic heterocycles. The molecule has 1 aliphatic carbocycles. The summed E-state index contributed by atoms with van der Waals surface area (Å²) in [5.41, 5.74) is 3.59. The highest BCUT2D eigenvalue weighted by molar-refractivity contribution is 6.37.